The molecule has 2 N–H and O–H groups in total. The standard InChI is InChI=1S/C17H11Cl2IN2O3/c1-25-14-7-11(20)6-9(16(14)23)5-10(8-21)17(24)22-13-4-2-3-12(18)15(13)19/h2-7,23H,1H3,(H,22,24)/b10-5-. The van der Waals surface area contributed by atoms with Gasteiger partial charge in [0.1, 0.15) is 11.6 Å². The minimum absolute atomic E-state index is 0.163. The van der Waals surface area contributed by atoms with E-state index in [1.54, 1.807) is 30.3 Å². The lowest BCUT2D eigenvalue weighted by Crippen LogP contribution is -2.13. The predicted octanol–water partition coefficient (Wildman–Crippen LogP) is 4.86. The molecule has 0 aliphatic heterocycles. The largest absolute Gasteiger partial charge is 0.504 e. The van der Waals surface area contributed by atoms with Crippen molar-refractivity contribution in [2.75, 3.05) is 12.4 Å². The molecule has 1 amide bonds. The van der Waals surface area contributed by atoms with E-state index in [0.29, 0.717) is 0 Å². The number of nitrogens with zero attached hydrogens (tertiary/aromatic N) is 1. The van der Waals surface area contributed by atoms with Gasteiger partial charge in [0.05, 0.1) is 22.8 Å². The summed E-state index contributed by atoms with van der Waals surface area (Å²) in [6.45, 7) is 0. The van der Waals surface area contributed by atoms with Gasteiger partial charge >= 0.3 is 0 Å². The van der Waals surface area contributed by atoms with Crippen LogP contribution in [0.1, 0.15) is 5.56 Å². The van der Waals surface area contributed by atoms with Crippen LogP contribution in [0.25, 0.3) is 6.08 Å². The summed E-state index contributed by atoms with van der Waals surface area (Å²) < 4.78 is 5.84. The third-order valence-corrected chi connectivity index (χ3v) is 4.60. The fourth-order valence-corrected chi connectivity index (χ4v) is 2.92. The van der Waals surface area contributed by atoms with Crippen LogP contribution in [0.3, 0.4) is 0 Å². The van der Waals surface area contributed by atoms with Crippen molar-refractivity contribution in [3.05, 3.63) is 55.1 Å². The zero-order chi connectivity index (χ0) is 18.6. The van der Waals surface area contributed by atoms with Crippen LogP contribution in [-0.2, 0) is 4.79 Å². The number of carbonyl (C=O) groups excluding carboxylic acids is 1. The zero-order valence-electron chi connectivity index (χ0n) is 12.8. The van der Waals surface area contributed by atoms with Gasteiger partial charge in [0.15, 0.2) is 11.5 Å². The highest BCUT2D eigenvalue weighted by Crippen LogP contribution is 2.34. The predicted molar refractivity (Wildman–Crippen MR) is 106 cm³/mol. The van der Waals surface area contributed by atoms with Crippen molar-refractivity contribution in [3.8, 4) is 17.6 Å². The Bertz CT molecular complexity index is 907. The van der Waals surface area contributed by atoms with Gasteiger partial charge in [-0.3, -0.25) is 4.79 Å². The molecule has 25 heavy (non-hydrogen) atoms. The Hall–Kier alpha value is -1.95. The van der Waals surface area contributed by atoms with Gasteiger partial charge in [-0.25, -0.2) is 0 Å². The normalized spacial score (nSPS) is 10.9. The lowest BCUT2D eigenvalue weighted by molar-refractivity contribution is -0.112. The number of hydrogen-bond acceptors (Lipinski definition) is 4. The summed E-state index contributed by atoms with van der Waals surface area (Å²) in [4.78, 5) is 12.3. The monoisotopic (exact) mass is 488 g/mol. The van der Waals surface area contributed by atoms with Gasteiger partial charge in [-0.05, 0) is 52.9 Å². The summed E-state index contributed by atoms with van der Waals surface area (Å²) in [5, 5.41) is 22.4. The fourth-order valence-electron chi connectivity index (χ4n) is 1.95. The van der Waals surface area contributed by atoms with E-state index in [2.05, 4.69) is 5.32 Å². The van der Waals surface area contributed by atoms with E-state index < -0.39 is 5.91 Å². The summed E-state index contributed by atoms with van der Waals surface area (Å²) in [5.41, 5.74) is 0.354. The van der Waals surface area contributed by atoms with Gasteiger partial charge < -0.3 is 15.2 Å². The molecule has 0 unspecified atom stereocenters. The quantitative estimate of drug-likeness (QED) is 0.366. The van der Waals surface area contributed by atoms with Crippen molar-refractivity contribution in [1.82, 2.24) is 0 Å². The van der Waals surface area contributed by atoms with E-state index in [4.69, 9.17) is 27.9 Å². The van der Waals surface area contributed by atoms with E-state index in [1.165, 1.54) is 13.2 Å². The van der Waals surface area contributed by atoms with Gasteiger partial charge in [0.2, 0.25) is 0 Å². The van der Waals surface area contributed by atoms with Gasteiger partial charge in [0.25, 0.3) is 5.91 Å². The average molecular weight is 489 g/mol. The highest BCUT2D eigenvalue weighted by molar-refractivity contribution is 14.1. The van der Waals surface area contributed by atoms with E-state index in [9.17, 15) is 15.2 Å². The van der Waals surface area contributed by atoms with Crippen LogP contribution in [0.4, 0.5) is 5.69 Å². The zero-order valence-corrected chi connectivity index (χ0v) is 16.5. The molecule has 0 radical (unpaired) electrons. The molecular formula is C17H11Cl2IN2O3. The minimum atomic E-state index is -0.677. The van der Waals surface area contributed by atoms with Crippen LogP contribution >= 0.6 is 45.8 Å². The number of ether oxygens (including phenoxy) is 1. The fraction of sp³-hybridized carbons (Fsp3) is 0.0588. The highest BCUT2D eigenvalue weighted by Gasteiger charge is 2.15. The second-order valence-corrected chi connectivity index (χ2v) is 6.80. The van der Waals surface area contributed by atoms with Crippen LogP contribution in [0.5, 0.6) is 11.5 Å². The van der Waals surface area contributed by atoms with Crippen molar-refractivity contribution in [2.45, 2.75) is 0 Å². The summed E-state index contributed by atoms with van der Waals surface area (Å²) in [6, 6.07) is 9.82. The number of halogens is 3. The first-order chi connectivity index (χ1) is 11.9. The smallest absolute Gasteiger partial charge is 0.266 e. The van der Waals surface area contributed by atoms with Gasteiger partial charge in [0, 0.05) is 9.13 Å². The number of anilines is 1. The first-order valence-corrected chi connectivity index (χ1v) is 8.64. The lowest BCUT2D eigenvalue weighted by atomic mass is 10.1. The number of aromatic hydroxyl groups is 1. The minimum Gasteiger partial charge on any atom is -0.504 e. The van der Waals surface area contributed by atoms with Gasteiger partial charge in [-0.2, -0.15) is 5.26 Å². The second-order valence-electron chi connectivity index (χ2n) is 4.77. The molecule has 8 heteroatoms. The molecule has 0 aliphatic rings. The summed E-state index contributed by atoms with van der Waals surface area (Å²) in [7, 11) is 1.41. The first-order valence-electron chi connectivity index (χ1n) is 6.81. The SMILES string of the molecule is COc1cc(I)cc(/C=C(/C#N)C(=O)Nc2cccc(Cl)c2Cl)c1O. The third-order valence-electron chi connectivity index (χ3n) is 3.15. The number of phenols is 1. The molecular weight excluding hydrogens is 478 g/mol. The topological polar surface area (TPSA) is 82.3 Å². The van der Waals surface area contributed by atoms with Crippen molar-refractivity contribution in [2.24, 2.45) is 0 Å². The number of carbonyl (C=O) groups is 1. The number of hydrogen-bond donors (Lipinski definition) is 2. The molecule has 0 heterocycles. The molecule has 0 fully saturated rings. The molecule has 0 bridgehead atoms. The highest BCUT2D eigenvalue weighted by atomic mass is 127. The number of phenolic OH excluding ortho intramolecular Hbond substituents is 1. The number of amides is 1. The van der Waals surface area contributed by atoms with Crippen LogP contribution < -0.4 is 10.1 Å². The van der Waals surface area contributed by atoms with E-state index in [-0.39, 0.29) is 38.4 Å². The summed E-state index contributed by atoms with van der Waals surface area (Å²) in [6.07, 6.45) is 1.27. The Morgan fingerprint density at radius 1 is 1.40 bits per heavy atom. The molecule has 2 aromatic rings. The molecule has 0 saturated heterocycles. The molecule has 0 spiro atoms. The lowest BCUT2D eigenvalue weighted by Gasteiger charge is -2.09. The Labute approximate surface area is 168 Å². The van der Waals surface area contributed by atoms with E-state index in [0.717, 1.165) is 3.57 Å². The average Bonchev–Trinajstić information content (AvgIpc) is 2.59. The van der Waals surface area contributed by atoms with Crippen LogP contribution in [0.15, 0.2) is 35.9 Å². The molecule has 0 aliphatic carbocycles. The molecule has 0 saturated carbocycles. The van der Waals surface area contributed by atoms with Crippen molar-refractivity contribution in [3.63, 3.8) is 0 Å². The van der Waals surface area contributed by atoms with Crippen LogP contribution in [-0.4, -0.2) is 18.1 Å². The Morgan fingerprint density at radius 3 is 2.76 bits per heavy atom. The Morgan fingerprint density at radius 2 is 2.12 bits per heavy atom. The number of rotatable bonds is 4. The molecule has 0 atom stereocenters. The first kappa shape index (κ1) is 19.4. The van der Waals surface area contributed by atoms with Gasteiger partial charge in [-0.15, -0.1) is 0 Å². The maximum absolute atomic E-state index is 12.3. The van der Waals surface area contributed by atoms with E-state index >= 15 is 0 Å². The Kier molecular flexibility index (Phi) is 6.53. The van der Waals surface area contributed by atoms with E-state index in [1.807, 2.05) is 28.7 Å². The number of nitriles is 1. The van der Waals surface area contributed by atoms with Crippen LogP contribution in [0, 0.1) is 14.9 Å². The Balaban J connectivity index is 2.38. The molecule has 5 nitrogen and oxygen atoms in total. The number of methoxy groups -OCH3 is 1. The number of benzene rings is 2. The molecule has 128 valence electrons. The number of nitrogens with one attached hydrogen (secondary N) is 1. The maximum Gasteiger partial charge on any atom is 0.266 e. The molecule has 2 rings (SSSR count). The summed E-state index contributed by atoms with van der Waals surface area (Å²) >= 11 is 14.0. The van der Waals surface area contributed by atoms with Crippen LogP contribution in [0.2, 0.25) is 10.0 Å². The molecule has 0 aromatic heterocycles. The summed E-state index contributed by atoms with van der Waals surface area (Å²) in [5.74, 6) is -0.595. The third kappa shape index (κ3) is 4.57. The second kappa shape index (κ2) is 8.43. The maximum atomic E-state index is 12.3. The van der Waals surface area contributed by atoms with Crippen molar-refractivity contribution in [1.29, 1.82) is 5.26 Å². The van der Waals surface area contributed by atoms with Crippen molar-refractivity contribution < 1.29 is 14.6 Å². The van der Waals surface area contributed by atoms with Crippen molar-refractivity contribution >= 4 is 63.5 Å². The molecule has 2 aromatic carbocycles. The van der Waals surface area contributed by atoms with Gasteiger partial charge in [-0.1, -0.05) is 29.3 Å².